The number of hydrogen-bond donors (Lipinski definition) is 2. The summed E-state index contributed by atoms with van der Waals surface area (Å²) in [6.45, 7) is 6.82. The lowest BCUT2D eigenvalue weighted by atomic mass is 10.1. The number of carbonyl (C=O) groups is 1. The van der Waals surface area contributed by atoms with Gasteiger partial charge in [-0.25, -0.2) is 0 Å². The second kappa shape index (κ2) is 9.72. The maximum Gasteiger partial charge on any atom is 0.220 e. The zero-order valence-corrected chi connectivity index (χ0v) is 15.9. The molecular weight excluding hydrogens is 372 g/mol. The van der Waals surface area contributed by atoms with Crippen LogP contribution in [-0.4, -0.2) is 23.2 Å². The molecule has 0 saturated carbocycles. The molecule has 21 heavy (non-hydrogen) atoms. The fourth-order valence-corrected chi connectivity index (χ4v) is 2.94. The van der Waals surface area contributed by atoms with Crippen LogP contribution in [0.25, 0.3) is 0 Å². The summed E-state index contributed by atoms with van der Waals surface area (Å²) in [7, 11) is 0. The number of amides is 1. The number of thioether (sulfide) groups is 1. The molecule has 1 aromatic rings. The summed E-state index contributed by atoms with van der Waals surface area (Å²) < 4.78 is 1.03. The number of carbonyl (C=O) groups excluding carboxylic acids is 1. The highest BCUT2D eigenvalue weighted by atomic mass is 79.9. The fraction of sp³-hybridized carbons (Fsp3) is 0.533. The van der Waals surface area contributed by atoms with Gasteiger partial charge in [0, 0.05) is 33.1 Å². The molecule has 1 atom stereocenters. The molecule has 0 aliphatic rings. The molecule has 0 aliphatic heterocycles. The minimum atomic E-state index is -0.0438. The van der Waals surface area contributed by atoms with Crippen molar-refractivity contribution in [3.8, 4) is 0 Å². The van der Waals surface area contributed by atoms with Crippen LogP contribution in [-0.2, 0) is 4.79 Å². The lowest BCUT2D eigenvalue weighted by molar-refractivity contribution is -0.121. The van der Waals surface area contributed by atoms with Crippen LogP contribution in [0, 0.1) is 0 Å². The normalized spacial score (nSPS) is 12.4. The topological polar surface area (TPSA) is 55.1 Å². The zero-order valence-electron chi connectivity index (χ0n) is 12.7. The summed E-state index contributed by atoms with van der Waals surface area (Å²) in [5, 5.41) is 2.99. The van der Waals surface area contributed by atoms with E-state index < -0.39 is 0 Å². The summed E-state index contributed by atoms with van der Waals surface area (Å²) >= 11 is 5.19. The van der Waals surface area contributed by atoms with Crippen molar-refractivity contribution >= 4 is 46.0 Å². The lowest BCUT2D eigenvalue weighted by Gasteiger charge is -2.24. The summed E-state index contributed by atoms with van der Waals surface area (Å²) in [5.74, 6) is 0.0757. The van der Waals surface area contributed by atoms with E-state index in [-0.39, 0.29) is 29.1 Å². The maximum atomic E-state index is 11.7. The van der Waals surface area contributed by atoms with Gasteiger partial charge in [0.1, 0.15) is 0 Å². The van der Waals surface area contributed by atoms with Crippen LogP contribution >= 0.6 is 40.1 Å². The van der Waals surface area contributed by atoms with Gasteiger partial charge in [0.05, 0.1) is 0 Å². The standard InChI is InChI=1S/C15H23BrN2OS.ClH/c1-11(17)4-9-14(19)18-10-15(2,3)20-13-7-5-12(16)6-8-13;/h5-8,11H,4,9-10,17H2,1-3H3,(H,18,19);1H. The Morgan fingerprint density at radius 3 is 2.48 bits per heavy atom. The van der Waals surface area contributed by atoms with Gasteiger partial charge in [-0.1, -0.05) is 15.9 Å². The first-order valence-corrected chi connectivity index (χ1v) is 8.36. The van der Waals surface area contributed by atoms with Crippen molar-refractivity contribution in [2.75, 3.05) is 6.54 Å². The third-order valence-electron chi connectivity index (χ3n) is 2.75. The Hall–Kier alpha value is -0.230. The Balaban J connectivity index is 0.00000400. The SMILES string of the molecule is CC(N)CCC(=O)NCC(C)(C)Sc1ccc(Br)cc1.Cl. The van der Waals surface area contributed by atoms with Crippen LogP contribution in [0.1, 0.15) is 33.6 Å². The van der Waals surface area contributed by atoms with Gasteiger partial charge in [-0.2, -0.15) is 0 Å². The maximum absolute atomic E-state index is 11.7. The van der Waals surface area contributed by atoms with E-state index >= 15 is 0 Å². The molecule has 1 unspecified atom stereocenters. The van der Waals surface area contributed by atoms with Crippen molar-refractivity contribution in [3.63, 3.8) is 0 Å². The van der Waals surface area contributed by atoms with Crippen LogP contribution in [0.15, 0.2) is 33.6 Å². The first-order chi connectivity index (χ1) is 9.28. The number of hydrogen-bond acceptors (Lipinski definition) is 3. The van der Waals surface area contributed by atoms with Gasteiger partial charge in [-0.15, -0.1) is 24.2 Å². The van der Waals surface area contributed by atoms with Crippen LogP contribution in [0.4, 0.5) is 0 Å². The van der Waals surface area contributed by atoms with Crippen LogP contribution in [0.3, 0.4) is 0 Å². The number of nitrogens with one attached hydrogen (secondary N) is 1. The van der Waals surface area contributed by atoms with Crippen LogP contribution in [0.2, 0.25) is 0 Å². The molecule has 6 heteroatoms. The summed E-state index contributed by atoms with van der Waals surface area (Å²) in [6.07, 6.45) is 1.23. The Bertz CT molecular complexity index is 438. The molecule has 1 amide bonds. The van der Waals surface area contributed by atoms with E-state index in [9.17, 15) is 4.79 Å². The Morgan fingerprint density at radius 2 is 1.95 bits per heavy atom. The van der Waals surface area contributed by atoms with E-state index in [0.717, 1.165) is 10.9 Å². The third-order valence-corrected chi connectivity index (χ3v) is 4.48. The van der Waals surface area contributed by atoms with Gasteiger partial charge in [-0.3, -0.25) is 4.79 Å². The zero-order chi connectivity index (χ0) is 15.2. The van der Waals surface area contributed by atoms with E-state index in [2.05, 4.69) is 47.2 Å². The molecular formula is C15H24BrClN2OS. The average Bonchev–Trinajstić information content (AvgIpc) is 2.36. The second-order valence-electron chi connectivity index (χ2n) is 5.61. The van der Waals surface area contributed by atoms with Crippen LogP contribution in [0.5, 0.6) is 0 Å². The summed E-state index contributed by atoms with van der Waals surface area (Å²) in [4.78, 5) is 12.9. The van der Waals surface area contributed by atoms with E-state index in [1.54, 1.807) is 11.8 Å². The largest absolute Gasteiger partial charge is 0.355 e. The van der Waals surface area contributed by atoms with E-state index in [4.69, 9.17) is 5.73 Å². The Morgan fingerprint density at radius 1 is 1.38 bits per heavy atom. The fourth-order valence-electron chi connectivity index (χ4n) is 1.62. The molecule has 1 rings (SSSR count). The van der Waals surface area contributed by atoms with Gasteiger partial charge >= 0.3 is 0 Å². The summed E-state index contributed by atoms with van der Waals surface area (Å²) in [6, 6.07) is 8.29. The number of rotatable bonds is 7. The third kappa shape index (κ3) is 9.40. The molecule has 0 spiro atoms. The molecule has 0 aromatic heterocycles. The average molecular weight is 396 g/mol. The Kier molecular flexibility index (Phi) is 9.61. The molecule has 0 radical (unpaired) electrons. The van der Waals surface area contributed by atoms with Gasteiger partial charge in [0.25, 0.3) is 0 Å². The molecule has 0 saturated heterocycles. The molecule has 0 bridgehead atoms. The predicted molar refractivity (Wildman–Crippen MR) is 97.2 cm³/mol. The van der Waals surface area contributed by atoms with E-state index in [1.165, 1.54) is 4.90 Å². The lowest BCUT2D eigenvalue weighted by Crippen LogP contribution is -2.36. The molecule has 120 valence electrons. The smallest absolute Gasteiger partial charge is 0.220 e. The van der Waals surface area contributed by atoms with E-state index in [1.807, 2.05) is 19.1 Å². The predicted octanol–water partition coefficient (Wildman–Crippen LogP) is 3.99. The van der Waals surface area contributed by atoms with Crippen LogP contribution < -0.4 is 11.1 Å². The molecule has 0 fully saturated rings. The monoisotopic (exact) mass is 394 g/mol. The van der Waals surface area contributed by atoms with Gasteiger partial charge in [0.15, 0.2) is 0 Å². The van der Waals surface area contributed by atoms with E-state index in [0.29, 0.717) is 13.0 Å². The van der Waals surface area contributed by atoms with Crippen molar-refractivity contribution in [2.45, 2.75) is 49.3 Å². The number of halogens is 2. The molecule has 3 N–H and O–H groups in total. The summed E-state index contributed by atoms with van der Waals surface area (Å²) in [5.41, 5.74) is 5.65. The van der Waals surface area contributed by atoms with Gasteiger partial charge in [0.2, 0.25) is 5.91 Å². The molecule has 0 heterocycles. The number of benzene rings is 1. The molecule has 1 aromatic carbocycles. The number of nitrogens with two attached hydrogens (primary N) is 1. The molecule has 0 aliphatic carbocycles. The highest BCUT2D eigenvalue weighted by Gasteiger charge is 2.20. The van der Waals surface area contributed by atoms with Crippen molar-refractivity contribution in [1.82, 2.24) is 5.32 Å². The van der Waals surface area contributed by atoms with Crippen molar-refractivity contribution < 1.29 is 4.79 Å². The van der Waals surface area contributed by atoms with Crippen molar-refractivity contribution in [1.29, 1.82) is 0 Å². The van der Waals surface area contributed by atoms with Crippen molar-refractivity contribution in [2.24, 2.45) is 5.73 Å². The highest BCUT2D eigenvalue weighted by molar-refractivity contribution is 9.10. The van der Waals surface area contributed by atoms with Gasteiger partial charge < -0.3 is 11.1 Å². The molecule has 3 nitrogen and oxygen atoms in total. The Labute approximate surface area is 146 Å². The first kappa shape index (κ1) is 20.8. The highest BCUT2D eigenvalue weighted by Crippen LogP contribution is 2.32. The first-order valence-electron chi connectivity index (χ1n) is 6.75. The minimum absolute atomic E-state index is 0. The van der Waals surface area contributed by atoms with Crippen molar-refractivity contribution in [3.05, 3.63) is 28.7 Å². The van der Waals surface area contributed by atoms with Gasteiger partial charge in [-0.05, 0) is 51.5 Å². The minimum Gasteiger partial charge on any atom is -0.355 e. The quantitative estimate of drug-likeness (QED) is 0.686. The second-order valence-corrected chi connectivity index (χ2v) is 8.30.